The molecule has 3 aromatic carbocycles. The van der Waals surface area contributed by atoms with E-state index in [2.05, 4.69) is 0 Å². The van der Waals surface area contributed by atoms with Gasteiger partial charge < -0.3 is 33.9 Å². The van der Waals surface area contributed by atoms with E-state index in [0.29, 0.717) is 11.3 Å². The van der Waals surface area contributed by atoms with Crippen LogP contribution in [0, 0.1) is 0 Å². The van der Waals surface area contributed by atoms with Crippen molar-refractivity contribution in [2.75, 3.05) is 40.4 Å². The number of aromatic hydroxyl groups is 1. The fraction of sp³-hybridized carbons (Fsp3) is 0.214. The van der Waals surface area contributed by atoms with Crippen LogP contribution in [0.25, 0.3) is 5.76 Å². The third kappa shape index (κ3) is 4.19. The standard InChI is InChI=1S/C28H27NO9/c1-34-18-11-8-12-19(35-2)22(18)25(31)23-24(15-13-20(36-3)27(38-5)21(14-15)37-4)29(28(33)26(23)32)16-9-6-7-10-17(16)30/h6-14,24,30-31H,1-5H3/b25-23+. The summed E-state index contributed by atoms with van der Waals surface area (Å²) < 4.78 is 27.2. The number of ketones is 1. The van der Waals surface area contributed by atoms with Gasteiger partial charge in [0.1, 0.15) is 28.6 Å². The summed E-state index contributed by atoms with van der Waals surface area (Å²) in [5.74, 6) is -1.42. The Hall–Kier alpha value is -4.86. The molecule has 10 nitrogen and oxygen atoms in total. The Labute approximate surface area is 219 Å². The molecular weight excluding hydrogens is 494 g/mol. The number of carbonyl (C=O) groups excluding carboxylic acids is 2. The highest BCUT2D eigenvalue weighted by Crippen LogP contribution is 2.49. The monoisotopic (exact) mass is 521 g/mol. The molecule has 2 N–H and O–H groups in total. The molecular formula is C28H27NO9. The normalized spacial score (nSPS) is 16.3. The average molecular weight is 522 g/mol. The SMILES string of the molecule is COc1cc(C2/C(=C(\O)c3c(OC)cccc3OC)C(=O)C(=O)N2c2ccccc2O)cc(OC)c1OC. The lowest BCUT2D eigenvalue weighted by Crippen LogP contribution is -2.29. The van der Waals surface area contributed by atoms with Gasteiger partial charge in [-0.05, 0) is 42.0 Å². The summed E-state index contributed by atoms with van der Waals surface area (Å²) in [4.78, 5) is 28.2. The van der Waals surface area contributed by atoms with Gasteiger partial charge in [-0.2, -0.15) is 0 Å². The molecule has 3 aromatic rings. The minimum absolute atomic E-state index is 0.0689. The first kappa shape index (κ1) is 26.2. The van der Waals surface area contributed by atoms with Crippen molar-refractivity contribution in [3.8, 4) is 34.5 Å². The van der Waals surface area contributed by atoms with Crippen molar-refractivity contribution in [1.82, 2.24) is 0 Å². The molecule has 1 atom stereocenters. The molecule has 0 saturated carbocycles. The molecule has 10 heteroatoms. The first-order valence-electron chi connectivity index (χ1n) is 11.4. The van der Waals surface area contributed by atoms with Crippen LogP contribution in [0.1, 0.15) is 17.2 Å². The molecule has 1 heterocycles. The highest BCUT2D eigenvalue weighted by molar-refractivity contribution is 6.52. The zero-order valence-corrected chi connectivity index (χ0v) is 21.5. The lowest BCUT2D eigenvalue weighted by atomic mass is 9.93. The number of rotatable bonds is 8. The lowest BCUT2D eigenvalue weighted by molar-refractivity contribution is -0.132. The summed E-state index contributed by atoms with van der Waals surface area (Å²) in [6.45, 7) is 0. The van der Waals surface area contributed by atoms with Crippen LogP contribution < -0.4 is 28.6 Å². The summed E-state index contributed by atoms with van der Waals surface area (Å²) in [6, 6.07) is 12.9. The molecule has 0 aliphatic carbocycles. The second kappa shape index (κ2) is 10.6. The third-order valence-electron chi connectivity index (χ3n) is 6.25. The van der Waals surface area contributed by atoms with Gasteiger partial charge in [0.2, 0.25) is 5.75 Å². The van der Waals surface area contributed by atoms with E-state index >= 15 is 0 Å². The van der Waals surface area contributed by atoms with Crippen LogP contribution in [0.4, 0.5) is 5.69 Å². The largest absolute Gasteiger partial charge is 0.506 e. The predicted octanol–water partition coefficient (Wildman–Crippen LogP) is 4.06. The smallest absolute Gasteiger partial charge is 0.300 e. The van der Waals surface area contributed by atoms with Crippen molar-refractivity contribution in [1.29, 1.82) is 0 Å². The number of Topliss-reactive ketones (excluding diaryl/α,β-unsaturated/α-hetero) is 1. The highest BCUT2D eigenvalue weighted by Gasteiger charge is 2.48. The Balaban J connectivity index is 2.10. The molecule has 38 heavy (non-hydrogen) atoms. The molecule has 1 aliphatic rings. The molecule has 0 aromatic heterocycles. The Kier molecular flexibility index (Phi) is 7.33. The van der Waals surface area contributed by atoms with Gasteiger partial charge in [0, 0.05) is 0 Å². The number of hydrogen-bond acceptors (Lipinski definition) is 9. The molecule has 0 bridgehead atoms. The molecule has 4 rings (SSSR count). The lowest BCUT2D eigenvalue weighted by Gasteiger charge is -2.27. The van der Waals surface area contributed by atoms with Gasteiger partial charge in [-0.1, -0.05) is 18.2 Å². The van der Waals surface area contributed by atoms with Gasteiger partial charge in [-0.3, -0.25) is 14.5 Å². The molecule has 198 valence electrons. The van der Waals surface area contributed by atoms with Gasteiger partial charge in [-0.15, -0.1) is 0 Å². The van der Waals surface area contributed by atoms with E-state index in [1.165, 1.54) is 47.7 Å². The molecule has 1 fully saturated rings. The number of anilines is 1. The fourth-order valence-electron chi connectivity index (χ4n) is 4.54. The van der Waals surface area contributed by atoms with Crippen molar-refractivity contribution in [3.05, 3.63) is 71.3 Å². The molecule has 0 spiro atoms. The Morgan fingerprint density at radius 1 is 0.763 bits per heavy atom. The minimum Gasteiger partial charge on any atom is -0.506 e. The average Bonchev–Trinajstić information content (AvgIpc) is 3.21. The van der Waals surface area contributed by atoms with E-state index < -0.39 is 23.5 Å². The van der Waals surface area contributed by atoms with Crippen LogP contribution in [0.5, 0.6) is 34.5 Å². The number of aliphatic hydroxyl groups is 1. The summed E-state index contributed by atoms with van der Waals surface area (Å²) in [5.41, 5.74) is 0.248. The number of amides is 1. The maximum atomic E-state index is 13.6. The summed E-state index contributed by atoms with van der Waals surface area (Å²) in [7, 11) is 7.12. The molecule has 1 aliphatic heterocycles. The van der Waals surface area contributed by atoms with Crippen LogP contribution in [0.15, 0.2) is 60.2 Å². The van der Waals surface area contributed by atoms with Gasteiger partial charge in [-0.25, -0.2) is 0 Å². The number of aliphatic hydroxyl groups excluding tert-OH is 1. The number of phenols is 1. The van der Waals surface area contributed by atoms with E-state index in [9.17, 15) is 19.8 Å². The van der Waals surface area contributed by atoms with E-state index in [0.717, 1.165) is 4.90 Å². The molecule has 1 unspecified atom stereocenters. The predicted molar refractivity (Wildman–Crippen MR) is 139 cm³/mol. The van der Waals surface area contributed by atoms with Gasteiger partial charge in [0.15, 0.2) is 11.5 Å². The quantitative estimate of drug-likeness (QED) is 0.257. The van der Waals surface area contributed by atoms with E-state index in [1.807, 2.05) is 0 Å². The molecule has 1 saturated heterocycles. The van der Waals surface area contributed by atoms with Gasteiger partial charge >= 0.3 is 0 Å². The summed E-state index contributed by atoms with van der Waals surface area (Å²) >= 11 is 0. The maximum absolute atomic E-state index is 13.6. The number of methoxy groups -OCH3 is 5. The Morgan fingerprint density at radius 3 is 1.82 bits per heavy atom. The number of ether oxygens (including phenoxy) is 5. The van der Waals surface area contributed by atoms with E-state index in [-0.39, 0.29) is 45.6 Å². The minimum atomic E-state index is -1.20. The Bertz CT molecular complexity index is 1380. The zero-order chi connectivity index (χ0) is 27.6. The van der Waals surface area contributed by atoms with E-state index in [4.69, 9.17) is 23.7 Å². The summed E-state index contributed by atoms with van der Waals surface area (Å²) in [5, 5.41) is 22.3. The van der Waals surface area contributed by atoms with Crippen molar-refractivity contribution in [2.45, 2.75) is 6.04 Å². The second-order valence-electron chi connectivity index (χ2n) is 8.15. The second-order valence-corrected chi connectivity index (χ2v) is 8.15. The first-order chi connectivity index (χ1) is 18.3. The van der Waals surface area contributed by atoms with Crippen LogP contribution in [0.2, 0.25) is 0 Å². The van der Waals surface area contributed by atoms with Crippen molar-refractivity contribution in [2.24, 2.45) is 0 Å². The molecule has 1 amide bonds. The highest BCUT2D eigenvalue weighted by atomic mass is 16.5. The number of benzene rings is 3. The van der Waals surface area contributed by atoms with Crippen LogP contribution in [-0.2, 0) is 9.59 Å². The van der Waals surface area contributed by atoms with Crippen LogP contribution in [-0.4, -0.2) is 57.5 Å². The number of phenolic OH excluding ortho intramolecular Hbond substituents is 1. The van der Waals surface area contributed by atoms with E-state index in [1.54, 1.807) is 42.5 Å². The topological polar surface area (TPSA) is 124 Å². The van der Waals surface area contributed by atoms with Crippen molar-refractivity contribution >= 4 is 23.1 Å². The Morgan fingerprint density at radius 2 is 1.32 bits per heavy atom. The van der Waals surface area contributed by atoms with Crippen LogP contribution >= 0.6 is 0 Å². The number of carbonyl (C=O) groups is 2. The third-order valence-corrected chi connectivity index (χ3v) is 6.25. The zero-order valence-electron chi connectivity index (χ0n) is 21.5. The van der Waals surface area contributed by atoms with Crippen molar-refractivity contribution in [3.63, 3.8) is 0 Å². The number of para-hydroxylation sites is 2. The summed E-state index contributed by atoms with van der Waals surface area (Å²) in [6.07, 6.45) is 0. The van der Waals surface area contributed by atoms with Crippen LogP contribution in [0.3, 0.4) is 0 Å². The van der Waals surface area contributed by atoms with Gasteiger partial charge in [0.05, 0.1) is 52.9 Å². The first-order valence-corrected chi connectivity index (χ1v) is 11.4. The van der Waals surface area contributed by atoms with Gasteiger partial charge in [0.25, 0.3) is 11.7 Å². The van der Waals surface area contributed by atoms with Crippen molar-refractivity contribution < 1.29 is 43.5 Å². The molecule has 0 radical (unpaired) electrons. The maximum Gasteiger partial charge on any atom is 0.300 e. The number of nitrogens with zero attached hydrogens (tertiary/aromatic N) is 1. The fourth-order valence-corrected chi connectivity index (χ4v) is 4.54. The number of hydrogen-bond donors (Lipinski definition) is 2.